The second-order valence-corrected chi connectivity index (χ2v) is 13.0. The fourth-order valence-corrected chi connectivity index (χ4v) is 5.96. The molecule has 0 aliphatic rings. The minimum absolute atomic E-state index is 0.125. The number of aryl methyl sites for hydroxylation is 4. The number of aliphatic hydroxyl groups is 1. The Morgan fingerprint density at radius 2 is 1.10 bits per heavy atom. The first-order valence-corrected chi connectivity index (χ1v) is 17.8. The van der Waals surface area contributed by atoms with Gasteiger partial charge < -0.3 is 19.3 Å². The topological polar surface area (TPSA) is 86.6 Å². The van der Waals surface area contributed by atoms with Crippen molar-refractivity contribution in [2.75, 3.05) is 26.9 Å². The molecule has 0 saturated carbocycles. The smallest absolute Gasteiger partial charge is 0.167 e. The molecule has 1 unspecified atom stereocenters. The van der Waals surface area contributed by atoms with Gasteiger partial charge in [0.15, 0.2) is 17.5 Å². The van der Waals surface area contributed by atoms with E-state index in [0.717, 1.165) is 34.2 Å². The van der Waals surface area contributed by atoms with Crippen LogP contribution in [-0.4, -0.2) is 53.1 Å². The molecule has 4 rings (SSSR count). The fraction of sp³-hybridized carbons (Fsp3) is 0.488. The summed E-state index contributed by atoms with van der Waals surface area (Å²) in [7, 11) is 1.62. The van der Waals surface area contributed by atoms with Crippen molar-refractivity contribution in [3.05, 3.63) is 76.9 Å². The van der Waals surface area contributed by atoms with E-state index >= 15 is 0 Å². The summed E-state index contributed by atoms with van der Waals surface area (Å²) in [5.74, 6) is 2.89. The Kier molecular flexibility index (Phi) is 14.8. The summed E-state index contributed by atoms with van der Waals surface area (Å²) in [6, 6.07) is 18.1. The zero-order valence-electron chi connectivity index (χ0n) is 30.0. The summed E-state index contributed by atoms with van der Waals surface area (Å²) in [5.41, 5.74) is 7.20. The van der Waals surface area contributed by atoms with Crippen molar-refractivity contribution in [1.82, 2.24) is 15.0 Å². The Bertz CT molecular complexity index is 1520. The number of aliphatic hydroxyl groups excluding tert-OH is 1. The van der Waals surface area contributed by atoms with Gasteiger partial charge in [0.1, 0.15) is 24.2 Å². The van der Waals surface area contributed by atoms with Crippen LogP contribution in [0.15, 0.2) is 54.6 Å². The molecular weight excluding hydrogens is 598 g/mol. The highest BCUT2D eigenvalue weighted by Crippen LogP contribution is 2.34. The van der Waals surface area contributed by atoms with Crippen molar-refractivity contribution in [3.8, 4) is 45.7 Å². The summed E-state index contributed by atoms with van der Waals surface area (Å²) in [4.78, 5) is 14.8. The van der Waals surface area contributed by atoms with Crippen LogP contribution in [0.2, 0.25) is 0 Å². The monoisotopic (exact) mass is 653 g/mol. The molecule has 7 nitrogen and oxygen atoms in total. The first-order chi connectivity index (χ1) is 23.3. The van der Waals surface area contributed by atoms with E-state index in [2.05, 4.69) is 71.0 Å². The van der Waals surface area contributed by atoms with Gasteiger partial charge in [0.05, 0.1) is 19.3 Å². The average molecular weight is 654 g/mol. The number of unbranched alkanes of at least 4 members (excludes halogenated alkanes) is 9. The Balaban J connectivity index is 1.38. The van der Waals surface area contributed by atoms with E-state index in [4.69, 9.17) is 29.2 Å². The maximum Gasteiger partial charge on any atom is 0.167 e. The van der Waals surface area contributed by atoms with Crippen LogP contribution in [0.4, 0.5) is 0 Å². The Morgan fingerprint density at radius 3 is 1.62 bits per heavy atom. The van der Waals surface area contributed by atoms with Crippen LogP contribution in [0.25, 0.3) is 34.2 Å². The third-order valence-corrected chi connectivity index (χ3v) is 8.69. The SMILES string of the molecule is CCCCCCCCCCCCOCC(O)COc1ccc(-c2nc(-c3ccc(C)cc3C)nc(-c3ccc(C)cc3C)n2)c(OC)c1. The van der Waals surface area contributed by atoms with Crippen LogP contribution in [0, 0.1) is 27.7 Å². The molecule has 0 amide bonds. The maximum atomic E-state index is 10.5. The standard InChI is InChI=1S/C41H55N3O4/c1-7-8-9-10-11-12-13-14-15-16-23-47-27-33(45)28-48-34-19-22-37(38(26-34)46-6)41-43-39(35-20-17-29(2)24-31(35)4)42-40(44-41)36-21-18-30(3)25-32(36)5/h17-22,24-26,33,45H,7-16,23,27-28H2,1-6H3. The van der Waals surface area contributed by atoms with E-state index < -0.39 is 6.10 Å². The van der Waals surface area contributed by atoms with Crippen LogP contribution < -0.4 is 9.47 Å². The van der Waals surface area contributed by atoms with Crippen LogP contribution in [0.3, 0.4) is 0 Å². The molecule has 4 aromatic rings. The summed E-state index contributed by atoms with van der Waals surface area (Å²) in [6.07, 6.45) is 12.1. The summed E-state index contributed by atoms with van der Waals surface area (Å²) < 4.78 is 17.5. The predicted molar refractivity (Wildman–Crippen MR) is 196 cm³/mol. The van der Waals surface area contributed by atoms with Crippen LogP contribution >= 0.6 is 0 Å². The van der Waals surface area contributed by atoms with E-state index in [9.17, 15) is 5.11 Å². The van der Waals surface area contributed by atoms with Gasteiger partial charge in [-0.2, -0.15) is 0 Å². The third kappa shape index (κ3) is 11.1. The van der Waals surface area contributed by atoms with Crippen molar-refractivity contribution in [1.29, 1.82) is 0 Å². The first-order valence-electron chi connectivity index (χ1n) is 17.8. The van der Waals surface area contributed by atoms with Crippen LogP contribution in [0.5, 0.6) is 11.5 Å². The quantitative estimate of drug-likeness (QED) is 0.0950. The van der Waals surface area contributed by atoms with Gasteiger partial charge in [-0.05, 0) is 57.4 Å². The normalized spacial score (nSPS) is 11.9. The van der Waals surface area contributed by atoms with Gasteiger partial charge in [-0.15, -0.1) is 0 Å². The number of benzene rings is 3. The molecule has 1 atom stereocenters. The van der Waals surface area contributed by atoms with E-state index in [1.165, 1.54) is 68.9 Å². The van der Waals surface area contributed by atoms with Crippen molar-refractivity contribution in [3.63, 3.8) is 0 Å². The molecule has 1 heterocycles. The van der Waals surface area contributed by atoms with Gasteiger partial charge in [-0.25, -0.2) is 15.0 Å². The minimum atomic E-state index is -0.720. The second kappa shape index (κ2) is 19.3. The molecule has 0 radical (unpaired) electrons. The summed E-state index contributed by atoms with van der Waals surface area (Å²) in [6.45, 7) is 11.6. The molecule has 0 bridgehead atoms. The van der Waals surface area contributed by atoms with Gasteiger partial charge >= 0.3 is 0 Å². The van der Waals surface area contributed by atoms with E-state index in [0.29, 0.717) is 35.6 Å². The number of nitrogens with zero attached hydrogens (tertiary/aromatic N) is 3. The summed E-state index contributed by atoms with van der Waals surface area (Å²) in [5, 5.41) is 10.5. The highest BCUT2D eigenvalue weighted by atomic mass is 16.5. The first kappa shape index (κ1) is 37.0. The minimum Gasteiger partial charge on any atom is -0.496 e. The second-order valence-electron chi connectivity index (χ2n) is 13.0. The Hall–Kier alpha value is -3.81. The number of ether oxygens (including phenoxy) is 3. The van der Waals surface area contributed by atoms with Crippen LogP contribution in [-0.2, 0) is 4.74 Å². The van der Waals surface area contributed by atoms with E-state index in [1.807, 2.05) is 18.2 Å². The number of rotatable bonds is 20. The summed E-state index contributed by atoms with van der Waals surface area (Å²) >= 11 is 0. The molecule has 1 aromatic heterocycles. The van der Waals surface area contributed by atoms with Gasteiger partial charge in [0.2, 0.25) is 0 Å². The van der Waals surface area contributed by atoms with E-state index in [1.54, 1.807) is 7.11 Å². The highest BCUT2D eigenvalue weighted by Gasteiger charge is 2.18. The third-order valence-electron chi connectivity index (χ3n) is 8.69. The predicted octanol–water partition coefficient (Wildman–Crippen LogP) is 9.79. The van der Waals surface area contributed by atoms with Crippen molar-refractivity contribution in [2.45, 2.75) is 105 Å². The Morgan fingerprint density at radius 1 is 0.604 bits per heavy atom. The molecule has 3 aromatic carbocycles. The van der Waals surface area contributed by atoms with Gasteiger partial charge in [0, 0.05) is 23.8 Å². The lowest BCUT2D eigenvalue weighted by Gasteiger charge is -2.16. The fourth-order valence-electron chi connectivity index (χ4n) is 5.96. The van der Waals surface area contributed by atoms with Gasteiger partial charge in [-0.1, -0.05) is 112 Å². The Labute approximate surface area is 288 Å². The van der Waals surface area contributed by atoms with E-state index in [-0.39, 0.29) is 13.2 Å². The van der Waals surface area contributed by atoms with Crippen LogP contribution in [0.1, 0.15) is 93.4 Å². The molecule has 7 heteroatoms. The van der Waals surface area contributed by atoms with Gasteiger partial charge in [-0.3, -0.25) is 0 Å². The average Bonchev–Trinajstić information content (AvgIpc) is 3.07. The van der Waals surface area contributed by atoms with Crippen molar-refractivity contribution in [2.24, 2.45) is 0 Å². The number of methoxy groups -OCH3 is 1. The molecule has 258 valence electrons. The maximum absolute atomic E-state index is 10.5. The number of hydrogen-bond acceptors (Lipinski definition) is 7. The molecule has 48 heavy (non-hydrogen) atoms. The zero-order valence-corrected chi connectivity index (χ0v) is 30.0. The lowest BCUT2D eigenvalue weighted by atomic mass is 10.0. The van der Waals surface area contributed by atoms with Gasteiger partial charge in [0.25, 0.3) is 0 Å². The highest BCUT2D eigenvalue weighted by molar-refractivity contribution is 5.72. The molecule has 0 spiro atoms. The molecule has 0 fully saturated rings. The zero-order chi connectivity index (χ0) is 34.3. The molecule has 1 N–H and O–H groups in total. The van der Waals surface area contributed by atoms with Crippen molar-refractivity contribution >= 4 is 0 Å². The molecule has 0 saturated heterocycles. The molecule has 0 aliphatic carbocycles. The largest absolute Gasteiger partial charge is 0.496 e. The lowest BCUT2D eigenvalue weighted by molar-refractivity contribution is 0.0109. The van der Waals surface area contributed by atoms with Crippen molar-refractivity contribution < 1.29 is 19.3 Å². The molecule has 0 aliphatic heterocycles. The number of hydrogen-bond donors (Lipinski definition) is 1. The lowest BCUT2D eigenvalue weighted by Crippen LogP contribution is -2.23. The molecular formula is C41H55N3O4. The number of aromatic nitrogens is 3.